The third kappa shape index (κ3) is 6.35. The fourth-order valence-electron chi connectivity index (χ4n) is 2.88. The standard InChI is InChI=1S/C20H22Cl2N2O4S2/c21-15-3-6-17(7-4-15)29-13-1-2-20(25)23-16-5-8-18(22)19(14-16)30(26,27)24-9-11-28-12-10-24/h3-8,14H,1-2,9-13H2,(H,23,25). The van der Waals surface area contributed by atoms with E-state index in [0.717, 1.165) is 10.6 Å². The minimum absolute atomic E-state index is 0.0119. The number of ether oxygens (including phenoxy) is 1. The third-order valence-electron chi connectivity index (χ3n) is 4.43. The Kier molecular flexibility index (Phi) is 8.44. The van der Waals surface area contributed by atoms with Crippen LogP contribution in [0.2, 0.25) is 10.0 Å². The van der Waals surface area contributed by atoms with Gasteiger partial charge >= 0.3 is 0 Å². The van der Waals surface area contributed by atoms with E-state index in [1.165, 1.54) is 16.4 Å². The molecule has 1 aliphatic heterocycles. The Morgan fingerprint density at radius 3 is 2.50 bits per heavy atom. The summed E-state index contributed by atoms with van der Waals surface area (Å²) >= 11 is 13.7. The molecule has 10 heteroatoms. The number of halogens is 2. The lowest BCUT2D eigenvalue weighted by molar-refractivity contribution is -0.116. The number of nitrogens with one attached hydrogen (secondary N) is 1. The molecule has 1 fully saturated rings. The third-order valence-corrected chi connectivity index (χ3v) is 8.16. The zero-order valence-corrected chi connectivity index (χ0v) is 19.3. The summed E-state index contributed by atoms with van der Waals surface area (Å²) in [7, 11) is -3.75. The predicted octanol–water partition coefficient (Wildman–Crippen LogP) is 4.53. The van der Waals surface area contributed by atoms with Gasteiger partial charge in [-0.2, -0.15) is 4.31 Å². The van der Waals surface area contributed by atoms with Gasteiger partial charge in [0, 0.05) is 35.1 Å². The average Bonchev–Trinajstić information content (AvgIpc) is 2.74. The lowest BCUT2D eigenvalue weighted by Crippen LogP contribution is -2.40. The van der Waals surface area contributed by atoms with Crippen LogP contribution in [-0.2, 0) is 19.6 Å². The van der Waals surface area contributed by atoms with Crippen LogP contribution in [0.1, 0.15) is 12.8 Å². The second-order valence-corrected chi connectivity index (χ2v) is 10.5. The maximum atomic E-state index is 12.9. The average molecular weight is 489 g/mol. The molecular weight excluding hydrogens is 467 g/mol. The largest absolute Gasteiger partial charge is 0.379 e. The van der Waals surface area contributed by atoms with E-state index in [-0.39, 0.29) is 28.9 Å². The van der Waals surface area contributed by atoms with Crippen molar-refractivity contribution in [1.29, 1.82) is 0 Å². The molecular formula is C20H22Cl2N2O4S2. The van der Waals surface area contributed by atoms with Crippen LogP contribution in [0.15, 0.2) is 52.3 Å². The van der Waals surface area contributed by atoms with Gasteiger partial charge < -0.3 is 10.1 Å². The molecule has 0 radical (unpaired) electrons. The van der Waals surface area contributed by atoms with E-state index in [0.29, 0.717) is 36.8 Å². The smallest absolute Gasteiger partial charge is 0.244 e. The van der Waals surface area contributed by atoms with Crippen LogP contribution in [0.3, 0.4) is 0 Å². The first kappa shape index (κ1) is 23.4. The topological polar surface area (TPSA) is 75.7 Å². The highest BCUT2D eigenvalue weighted by Gasteiger charge is 2.28. The van der Waals surface area contributed by atoms with Crippen molar-refractivity contribution in [3.05, 3.63) is 52.5 Å². The molecule has 0 bridgehead atoms. The van der Waals surface area contributed by atoms with Gasteiger partial charge in [-0.05, 0) is 54.6 Å². The predicted molar refractivity (Wildman–Crippen MR) is 121 cm³/mol. The Bertz CT molecular complexity index is 979. The number of hydrogen-bond donors (Lipinski definition) is 1. The molecule has 0 saturated carbocycles. The number of rotatable bonds is 8. The lowest BCUT2D eigenvalue weighted by Gasteiger charge is -2.26. The number of morpholine rings is 1. The summed E-state index contributed by atoms with van der Waals surface area (Å²) in [5, 5.41) is 3.57. The van der Waals surface area contributed by atoms with Gasteiger partial charge in [-0.15, -0.1) is 11.8 Å². The quantitative estimate of drug-likeness (QED) is 0.436. The van der Waals surface area contributed by atoms with Gasteiger partial charge in [0.25, 0.3) is 0 Å². The second-order valence-electron chi connectivity index (χ2n) is 6.62. The van der Waals surface area contributed by atoms with Crippen molar-refractivity contribution in [2.45, 2.75) is 22.6 Å². The van der Waals surface area contributed by atoms with Crippen molar-refractivity contribution >= 4 is 56.6 Å². The molecule has 1 saturated heterocycles. The lowest BCUT2D eigenvalue weighted by atomic mass is 10.3. The molecule has 162 valence electrons. The number of thioether (sulfide) groups is 1. The van der Waals surface area contributed by atoms with E-state index in [1.807, 2.05) is 24.3 Å². The van der Waals surface area contributed by atoms with E-state index in [9.17, 15) is 13.2 Å². The Balaban J connectivity index is 1.55. The molecule has 2 aromatic carbocycles. The zero-order chi connectivity index (χ0) is 21.6. The van der Waals surface area contributed by atoms with Gasteiger partial charge in [0.2, 0.25) is 15.9 Å². The number of benzene rings is 2. The van der Waals surface area contributed by atoms with E-state index < -0.39 is 10.0 Å². The summed E-state index contributed by atoms with van der Waals surface area (Å²) in [5.41, 5.74) is 0.404. The number of carbonyl (C=O) groups is 1. The number of anilines is 1. The summed E-state index contributed by atoms with van der Waals surface area (Å²) in [6, 6.07) is 12.0. The maximum absolute atomic E-state index is 12.9. The van der Waals surface area contributed by atoms with Crippen LogP contribution in [-0.4, -0.2) is 50.7 Å². The molecule has 0 unspecified atom stereocenters. The van der Waals surface area contributed by atoms with Crippen LogP contribution in [0.5, 0.6) is 0 Å². The highest BCUT2D eigenvalue weighted by Crippen LogP contribution is 2.28. The Morgan fingerprint density at radius 2 is 1.80 bits per heavy atom. The molecule has 1 amide bonds. The van der Waals surface area contributed by atoms with Crippen LogP contribution in [0.25, 0.3) is 0 Å². The number of carbonyl (C=O) groups excluding carboxylic acids is 1. The summed E-state index contributed by atoms with van der Waals surface area (Å²) in [5.74, 6) is 0.607. The monoisotopic (exact) mass is 488 g/mol. The van der Waals surface area contributed by atoms with Gasteiger partial charge in [-0.25, -0.2) is 8.42 Å². The molecule has 0 atom stereocenters. The van der Waals surface area contributed by atoms with E-state index in [4.69, 9.17) is 27.9 Å². The molecule has 1 aliphatic rings. The van der Waals surface area contributed by atoms with Gasteiger partial charge in [0.05, 0.1) is 18.2 Å². The summed E-state index contributed by atoms with van der Waals surface area (Å²) < 4.78 is 32.3. The highest BCUT2D eigenvalue weighted by atomic mass is 35.5. The SMILES string of the molecule is O=C(CCCSc1ccc(Cl)cc1)Nc1ccc(Cl)c(S(=O)(=O)N2CCOCC2)c1. The van der Waals surface area contributed by atoms with E-state index >= 15 is 0 Å². The molecule has 6 nitrogen and oxygen atoms in total. The number of nitrogens with zero attached hydrogens (tertiary/aromatic N) is 1. The van der Waals surface area contributed by atoms with Crippen LogP contribution in [0.4, 0.5) is 5.69 Å². The van der Waals surface area contributed by atoms with Crippen molar-refractivity contribution in [3.63, 3.8) is 0 Å². The van der Waals surface area contributed by atoms with Crippen molar-refractivity contribution in [2.24, 2.45) is 0 Å². The van der Waals surface area contributed by atoms with Crippen molar-refractivity contribution in [2.75, 3.05) is 37.4 Å². The molecule has 3 rings (SSSR count). The molecule has 1 N–H and O–H groups in total. The van der Waals surface area contributed by atoms with Crippen LogP contribution in [0, 0.1) is 0 Å². The van der Waals surface area contributed by atoms with E-state index in [1.54, 1.807) is 17.8 Å². The summed E-state index contributed by atoms with van der Waals surface area (Å²) in [4.78, 5) is 13.3. The fourth-order valence-corrected chi connectivity index (χ4v) is 5.77. The minimum atomic E-state index is -3.75. The zero-order valence-electron chi connectivity index (χ0n) is 16.1. The van der Waals surface area contributed by atoms with Gasteiger partial charge in [-0.1, -0.05) is 23.2 Å². The van der Waals surface area contributed by atoms with Gasteiger partial charge in [0.1, 0.15) is 4.90 Å². The Morgan fingerprint density at radius 1 is 1.10 bits per heavy atom. The summed E-state index contributed by atoms with van der Waals surface area (Å²) in [6.07, 6.45) is 1.01. The number of amides is 1. The number of sulfonamides is 1. The second kappa shape index (κ2) is 10.8. The molecule has 0 aliphatic carbocycles. The first-order chi connectivity index (χ1) is 14.4. The first-order valence-electron chi connectivity index (χ1n) is 9.42. The maximum Gasteiger partial charge on any atom is 0.244 e. The molecule has 1 heterocycles. The molecule has 0 aromatic heterocycles. The highest BCUT2D eigenvalue weighted by molar-refractivity contribution is 7.99. The normalized spacial score (nSPS) is 15.1. The van der Waals surface area contributed by atoms with Crippen molar-refractivity contribution < 1.29 is 17.9 Å². The van der Waals surface area contributed by atoms with Crippen molar-refractivity contribution in [3.8, 4) is 0 Å². The number of hydrogen-bond acceptors (Lipinski definition) is 5. The minimum Gasteiger partial charge on any atom is -0.379 e. The van der Waals surface area contributed by atoms with E-state index in [2.05, 4.69) is 5.32 Å². The Labute approximate surface area is 190 Å². The van der Waals surface area contributed by atoms with Crippen molar-refractivity contribution in [1.82, 2.24) is 4.31 Å². The van der Waals surface area contributed by atoms with Crippen LogP contribution < -0.4 is 5.32 Å². The molecule has 0 spiro atoms. The summed E-state index contributed by atoms with van der Waals surface area (Å²) in [6.45, 7) is 1.25. The van der Waals surface area contributed by atoms with Crippen LogP contribution >= 0.6 is 35.0 Å². The first-order valence-corrected chi connectivity index (χ1v) is 12.6. The molecule has 30 heavy (non-hydrogen) atoms. The van der Waals surface area contributed by atoms with Gasteiger partial charge in [-0.3, -0.25) is 4.79 Å². The Hall–Kier alpha value is -1.29. The fraction of sp³-hybridized carbons (Fsp3) is 0.350. The van der Waals surface area contributed by atoms with Gasteiger partial charge in [0.15, 0.2) is 0 Å². The molecule has 2 aromatic rings.